The fraction of sp³-hybridized carbons (Fsp3) is 0.0492. The molecule has 0 amide bonds. The van der Waals surface area contributed by atoms with Crippen LogP contribution >= 0.6 is 14.3 Å². The second-order valence-corrected chi connectivity index (χ2v) is 22.5. The summed E-state index contributed by atoms with van der Waals surface area (Å²) >= 11 is 0. The number of benzene rings is 9. The zero-order valence-corrected chi connectivity index (χ0v) is 44.9. The quantitative estimate of drug-likeness (QED) is 0.0562. The molecule has 395 valence electrons. The second kappa shape index (κ2) is 25.2. The van der Waals surface area contributed by atoms with Gasteiger partial charge in [0.2, 0.25) is 5.78 Å². The second-order valence-electron chi connectivity index (χ2n) is 17.0. The van der Waals surface area contributed by atoms with Gasteiger partial charge in [0.25, 0.3) is 0 Å². The topological polar surface area (TPSA) is 105 Å². The van der Waals surface area contributed by atoms with Crippen molar-refractivity contribution in [2.24, 2.45) is 0 Å². The molecule has 0 saturated carbocycles. The van der Waals surface area contributed by atoms with Crippen molar-refractivity contribution in [3.05, 3.63) is 277 Å². The normalized spacial score (nSPS) is 11.7. The van der Waals surface area contributed by atoms with E-state index >= 15 is 0 Å². The van der Waals surface area contributed by atoms with Gasteiger partial charge in [0.05, 0.1) is 5.39 Å². The van der Waals surface area contributed by atoms with Crippen LogP contribution < -0.4 is 42.4 Å². The maximum absolute atomic E-state index is 14.0. The molecule has 0 aliphatic rings. The van der Waals surface area contributed by atoms with Crippen molar-refractivity contribution >= 4 is 79.9 Å². The predicted octanol–water partition coefficient (Wildman–Crippen LogP) is 13.6. The molecule has 10 aromatic rings. The van der Waals surface area contributed by atoms with Crippen molar-refractivity contribution in [2.75, 3.05) is 4.90 Å². The molecule has 0 aliphatic heterocycles. The molecule has 1 aromatic heterocycles. The van der Waals surface area contributed by atoms with Gasteiger partial charge in [-0.2, -0.15) is 30.7 Å². The number of carbonyl (C=O) groups excluding carboxylic acids is 1. The van der Waals surface area contributed by atoms with Crippen LogP contribution in [-0.2, 0) is 9.13 Å². The fourth-order valence-electron chi connectivity index (χ4n) is 8.31. The predicted molar refractivity (Wildman–Crippen MR) is 291 cm³/mol. The van der Waals surface area contributed by atoms with Gasteiger partial charge in [-0.05, 0) is 36.4 Å². The average molecular weight is 1230 g/mol. The Hall–Kier alpha value is -6.99. The minimum absolute atomic E-state index is 0. The molecule has 0 fully saturated rings. The van der Waals surface area contributed by atoms with Crippen molar-refractivity contribution in [1.29, 1.82) is 0 Å². The maximum atomic E-state index is 14.0. The maximum Gasteiger partial charge on any atom is 0.460 e. The van der Waals surface area contributed by atoms with Crippen molar-refractivity contribution < 1.29 is 104 Å². The van der Waals surface area contributed by atoms with E-state index in [2.05, 4.69) is 0 Å². The number of nitrogens with zero attached hydrogens (tertiary/aromatic N) is 1. The Labute approximate surface area is 485 Å². The number of hydrogen-bond acceptors (Lipinski definition) is 7. The summed E-state index contributed by atoms with van der Waals surface area (Å²) in [6, 6.07) is 79.4. The number of aromatic hydroxyl groups is 1. The summed E-state index contributed by atoms with van der Waals surface area (Å²) in [4.78, 5) is 26.0. The molecule has 0 atom stereocenters. The monoisotopic (exact) mass is 1230 g/mol. The minimum Gasteiger partial charge on any atom is -0.506 e. The standard InChI is InChI=1S/C25H14F7NO4.2C18H15OP.Eu/c26-23(27,24(28,29)25(30,31)32)21(35)19-20(34)17-12-11-16(13-18(17)37-22(19)36)33(14-7-3-1-4-8-14)15-9-5-2-6-10-15;2*19-20(16-10-4-1-5-11-16,17-12-6-2-7-13-17)18-14-8-3-9-15-18;/h1-13,34H;2*1-15H;. The minimum atomic E-state index is -6.82. The van der Waals surface area contributed by atoms with Crippen LogP contribution in [0.4, 0.5) is 47.8 Å². The van der Waals surface area contributed by atoms with Crippen molar-refractivity contribution in [2.45, 2.75) is 18.0 Å². The van der Waals surface area contributed by atoms with Gasteiger partial charge < -0.3 is 23.6 Å². The molecule has 1 N–H and O–H groups in total. The smallest absolute Gasteiger partial charge is 0.460 e. The third-order valence-electron chi connectivity index (χ3n) is 12.1. The molecule has 1 radical (unpaired) electrons. The van der Waals surface area contributed by atoms with Gasteiger partial charge in [0.1, 0.15) is 11.3 Å². The van der Waals surface area contributed by atoms with Gasteiger partial charge in [-0.15, -0.1) is 0 Å². The number of alkyl halides is 7. The van der Waals surface area contributed by atoms with Gasteiger partial charge in [-0.25, -0.2) is 4.79 Å². The summed E-state index contributed by atoms with van der Waals surface area (Å²) in [6.45, 7) is 0. The van der Waals surface area contributed by atoms with Crippen molar-refractivity contribution in [3.8, 4) is 5.75 Å². The molecule has 0 unspecified atom stereocenters. The molecular formula is C61H44EuF7NO6P2. The largest absolute Gasteiger partial charge is 0.506 e. The van der Waals surface area contributed by atoms with E-state index in [4.69, 9.17) is 4.42 Å². The van der Waals surface area contributed by atoms with Gasteiger partial charge in [0.15, 0.2) is 19.8 Å². The summed E-state index contributed by atoms with van der Waals surface area (Å²) < 4.78 is 125. The number of anilines is 3. The fourth-order valence-corrected chi connectivity index (χ4v) is 13.7. The van der Waals surface area contributed by atoms with Gasteiger partial charge >= 0.3 is 23.6 Å². The molecule has 17 heteroatoms. The molecule has 0 aliphatic carbocycles. The third kappa shape index (κ3) is 12.2. The summed E-state index contributed by atoms with van der Waals surface area (Å²) in [7, 11) is -5.55. The Balaban J connectivity index is 0.000000182. The molecule has 9 aromatic carbocycles. The first-order chi connectivity index (χ1) is 36.9. The summed E-state index contributed by atoms with van der Waals surface area (Å²) in [6.07, 6.45) is -6.81. The van der Waals surface area contributed by atoms with E-state index in [9.17, 15) is 54.6 Å². The van der Waals surface area contributed by atoms with Crippen LogP contribution in [0.25, 0.3) is 11.0 Å². The molecular weight excluding hydrogens is 1190 g/mol. The molecule has 7 nitrogen and oxygen atoms in total. The number of Topliss-reactive ketones (excluding diaryl/α,β-unsaturated/α-hetero) is 1. The van der Waals surface area contributed by atoms with Crippen LogP contribution in [0, 0.1) is 49.4 Å². The Morgan fingerprint density at radius 2 is 0.705 bits per heavy atom. The molecule has 0 saturated heterocycles. The number of para-hydroxylation sites is 2. The number of fused-ring (bicyclic) bond motifs is 1. The Kier molecular flexibility index (Phi) is 19.0. The average Bonchev–Trinajstić information content (AvgIpc) is 3.57. The van der Waals surface area contributed by atoms with Crippen LogP contribution in [-0.4, -0.2) is 28.9 Å². The van der Waals surface area contributed by atoms with Crippen LogP contribution in [0.1, 0.15) is 10.4 Å². The molecule has 1 heterocycles. The molecule has 10 rings (SSSR count). The van der Waals surface area contributed by atoms with E-state index in [1.807, 2.05) is 182 Å². The molecule has 78 heavy (non-hydrogen) atoms. The van der Waals surface area contributed by atoms with Gasteiger partial charge in [-0.3, -0.25) is 4.79 Å². The first-order valence-corrected chi connectivity index (χ1v) is 26.9. The molecule has 0 bridgehead atoms. The Morgan fingerprint density at radius 3 is 0.987 bits per heavy atom. The zero-order valence-electron chi connectivity index (χ0n) is 40.7. The number of carbonyl (C=O) groups is 1. The van der Waals surface area contributed by atoms with Gasteiger partial charge in [-0.1, -0.05) is 218 Å². The van der Waals surface area contributed by atoms with E-state index in [0.29, 0.717) is 17.1 Å². The Morgan fingerprint density at radius 1 is 0.423 bits per heavy atom. The van der Waals surface area contributed by atoms with E-state index in [-0.39, 0.29) is 49.4 Å². The zero-order chi connectivity index (χ0) is 54.9. The number of rotatable bonds is 12. The third-order valence-corrected chi connectivity index (χ3v) is 18.3. The van der Waals surface area contributed by atoms with E-state index in [1.54, 1.807) is 65.6 Å². The van der Waals surface area contributed by atoms with Crippen LogP contribution in [0.15, 0.2) is 270 Å². The SMILES string of the molecule is O=C(c1c(O)c2ccc(N(c3ccccc3)c3ccccc3)cc2oc1=O)C(F)(F)C(F)(F)C(F)(F)F.O=P(c1ccccc1)(c1ccccc1)c1ccccc1.O=P(c1ccccc1)(c1ccccc1)c1ccccc1.[Eu]. The number of hydrogen-bond donors (Lipinski definition) is 1. The van der Waals surface area contributed by atoms with E-state index in [0.717, 1.165) is 37.9 Å². The first kappa shape index (κ1) is 58.7. The van der Waals surface area contributed by atoms with Crippen LogP contribution in [0.5, 0.6) is 5.75 Å². The van der Waals surface area contributed by atoms with E-state index < -0.39 is 66.0 Å². The first-order valence-electron chi connectivity index (χ1n) is 23.5. The van der Waals surface area contributed by atoms with E-state index in [1.165, 1.54) is 12.1 Å². The van der Waals surface area contributed by atoms with Crippen LogP contribution in [0.3, 0.4) is 0 Å². The summed E-state index contributed by atoms with van der Waals surface area (Å²) in [5, 5.41) is 15.0. The summed E-state index contributed by atoms with van der Waals surface area (Å²) in [5.74, 6) is -18.0. The Bertz CT molecular complexity index is 3360. The summed E-state index contributed by atoms with van der Waals surface area (Å²) in [5.41, 5.74) is -2.88. The van der Waals surface area contributed by atoms with Crippen molar-refractivity contribution in [3.63, 3.8) is 0 Å². The number of halogens is 7. The molecule has 0 spiro atoms. The van der Waals surface area contributed by atoms with Crippen LogP contribution in [0.2, 0.25) is 0 Å². The van der Waals surface area contributed by atoms with Crippen molar-refractivity contribution in [1.82, 2.24) is 0 Å². The number of ketones is 1. The van der Waals surface area contributed by atoms with Gasteiger partial charge in [0, 0.05) is 104 Å².